The van der Waals surface area contributed by atoms with E-state index in [0.717, 1.165) is 18.8 Å². The number of thiocarbonyl (C=S) groups is 1. The highest BCUT2D eigenvalue weighted by molar-refractivity contribution is 7.80. The Morgan fingerprint density at radius 3 is 2.38 bits per heavy atom. The molecule has 2 aliphatic rings. The molecule has 0 spiro atoms. The molecule has 0 aromatic heterocycles. The standard InChI is InChI=1S/C24H27ClN4O4S/c1-15(2)23(31)29-9-7-28(8-10-29)19-5-4-17(14-18(19)25)26-24(34)27-22(30)16-3-6-20-21(13-16)33-12-11-32-20/h3-6,13-15H,7-12H2,1-2H3,(H2,26,27,30,34). The number of piperazine rings is 1. The Hall–Kier alpha value is -3.04. The number of nitrogens with zero attached hydrogens (tertiary/aromatic N) is 2. The van der Waals surface area contributed by atoms with E-state index in [1.807, 2.05) is 30.9 Å². The summed E-state index contributed by atoms with van der Waals surface area (Å²) in [7, 11) is 0. The number of halogens is 1. The number of fused-ring (bicyclic) bond motifs is 1. The predicted octanol–water partition coefficient (Wildman–Crippen LogP) is 3.54. The van der Waals surface area contributed by atoms with Crippen LogP contribution in [0.15, 0.2) is 36.4 Å². The second kappa shape index (κ2) is 10.5. The number of benzene rings is 2. The van der Waals surface area contributed by atoms with Crippen LogP contribution in [0.2, 0.25) is 5.02 Å². The molecule has 2 heterocycles. The maximum Gasteiger partial charge on any atom is 0.257 e. The molecule has 0 saturated carbocycles. The molecule has 34 heavy (non-hydrogen) atoms. The summed E-state index contributed by atoms with van der Waals surface area (Å²) in [6, 6.07) is 10.5. The number of rotatable bonds is 4. The zero-order valence-corrected chi connectivity index (χ0v) is 20.7. The molecule has 0 radical (unpaired) electrons. The van der Waals surface area contributed by atoms with Crippen LogP contribution in [-0.4, -0.2) is 61.2 Å². The molecule has 2 amide bonds. The average molecular weight is 503 g/mol. The number of hydrogen-bond donors (Lipinski definition) is 2. The maximum absolute atomic E-state index is 12.6. The highest BCUT2D eigenvalue weighted by Gasteiger charge is 2.24. The van der Waals surface area contributed by atoms with Gasteiger partial charge in [-0.25, -0.2) is 0 Å². The number of carbonyl (C=O) groups is 2. The number of hydrogen-bond acceptors (Lipinski definition) is 6. The van der Waals surface area contributed by atoms with Gasteiger partial charge in [0.1, 0.15) is 13.2 Å². The van der Waals surface area contributed by atoms with Crippen LogP contribution in [0.5, 0.6) is 11.5 Å². The Kier molecular flexibility index (Phi) is 7.43. The Morgan fingerprint density at radius 2 is 1.71 bits per heavy atom. The third-order valence-electron chi connectivity index (χ3n) is 5.66. The first kappa shape index (κ1) is 24.1. The zero-order chi connectivity index (χ0) is 24.2. The molecule has 2 aromatic carbocycles. The van der Waals surface area contributed by atoms with Crippen molar-refractivity contribution in [3.8, 4) is 11.5 Å². The lowest BCUT2D eigenvalue weighted by atomic mass is 10.1. The normalized spacial score (nSPS) is 15.2. The van der Waals surface area contributed by atoms with Crippen molar-refractivity contribution in [3.05, 3.63) is 47.0 Å². The quantitative estimate of drug-likeness (QED) is 0.619. The van der Waals surface area contributed by atoms with Gasteiger partial charge in [0.15, 0.2) is 16.6 Å². The SMILES string of the molecule is CC(C)C(=O)N1CCN(c2ccc(NC(=S)NC(=O)c3ccc4c(c3)OCCO4)cc2Cl)CC1. The topological polar surface area (TPSA) is 83.1 Å². The highest BCUT2D eigenvalue weighted by Crippen LogP contribution is 2.31. The van der Waals surface area contributed by atoms with Gasteiger partial charge in [-0.1, -0.05) is 25.4 Å². The molecule has 180 valence electrons. The minimum absolute atomic E-state index is 0.000537. The maximum atomic E-state index is 12.6. The van der Waals surface area contributed by atoms with Crippen LogP contribution in [0.25, 0.3) is 0 Å². The number of ether oxygens (including phenoxy) is 2. The Morgan fingerprint density at radius 1 is 1.00 bits per heavy atom. The molecular formula is C24H27ClN4O4S. The van der Waals surface area contributed by atoms with Crippen molar-refractivity contribution in [3.63, 3.8) is 0 Å². The van der Waals surface area contributed by atoms with E-state index in [4.69, 9.17) is 33.3 Å². The van der Waals surface area contributed by atoms with Crippen LogP contribution in [0.3, 0.4) is 0 Å². The van der Waals surface area contributed by atoms with Crippen LogP contribution < -0.4 is 25.0 Å². The van der Waals surface area contributed by atoms with Crippen LogP contribution in [-0.2, 0) is 4.79 Å². The smallest absolute Gasteiger partial charge is 0.257 e. The van der Waals surface area contributed by atoms with Crippen molar-refractivity contribution >= 4 is 52.1 Å². The number of anilines is 2. The molecule has 2 N–H and O–H groups in total. The molecular weight excluding hydrogens is 476 g/mol. The molecule has 1 saturated heterocycles. The second-order valence-corrected chi connectivity index (χ2v) is 9.22. The lowest BCUT2D eigenvalue weighted by Crippen LogP contribution is -2.50. The van der Waals surface area contributed by atoms with Crippen molar-refractivity contribution in [1.29, 1.82) is 0 Å². The summed E-state index contributed by atoms with van der Waals surface area (Å²) < 4.78 is 11.0. The Balaban J connectivity index is 1.33. The monoisotopic (exact) mass is 502 g/mol. The fourth-order valence-corrected chi connectivity index (χ4v) is 4.41. The van der Waals surface area contributed by atoms with Crippen LogP contribution in [0, 0.1) is 5.92 Å². The van der Waals surface area contributed by atoms with Gasteiger partial charge >= 0.3 is 0 Å². The van der Waals surface area contributed by atoms with E-state index < -0.39 is 0 Å². The van der Waals surface area contributed by atoms with Gasteiger partial charge in [0.05, 0.1) is 10.7 Å². The van der Waals surface area contributed by atoms with Crippen LogP contribution in [0.4, 0.5) is 11.4 Å². The van der Waals surface area contributed by atoms with E-state index in [1.54, 1.807) is 24.3 Å². The van der Waals surface area contributed by atoms with Gasteiger partial charge in [0.25, 0.3) is 5.91 Å². The first-order valence-electron chi connectivity index (χ1n) is 11.2. The van der Waals surface area contributed by atoms with Crippen molar-refractivity contribution < 1.29 is 19.1 Å². The summed E-state index contributed by atoms with van der Waals surface area (Å²) in [5.41, 5.74) is 1.97. The van der Waals surface area contributed by atoms with Crippen molar-refractivity contribution in [2.45, 2.75) is 13.8 Å². The summed E-state index contributed by atoms with van der Waals surface area (Å²) in [6.07, 6.45) is 0. The molecule has 1 fully saturated rings. The van der Waals surface area contributed by atoms with Gasteiger partial charge in [-0.2, -0.15) is 0 Å². The summed E-state index contributed by atoms with van der Waals surface area (Å²) in [5, 5.41) is 6.39. The molecule has 0 atom stereocenters. The zero-order valence-electron chi connectivity index (χ0n) is 19.1. The fourth-order valence-electron chi connectivity index (χ4n) is 3.90. The van der Waals surface area contributed by atoms with Crippen molar-refractivity contribution in [2.24, 2.45) is 5.92 Å². The molecule has 4 rings (SSSR count). The summed E-state index contributed by atoms with van der Waals surface area (Å²) in [5.74, 6) is 0.975. The first-order chi connectivity index (χ1) is 16.3. The van der Waals surface area contributed by atoms with Crippen molar-refractivity contribution in [1.82, 2.24) is 10.2 Å². The number of amides is 2. The van der Waals surface area contributed by atoms with Gasteiger partial charge < -0.3 is 24.6 Å². The molecule has 2 aliphatic heterocycles. The Bertz CT molecular complexity index is 1100. The van der Waals surface area contributed by atoms with Gasteiger partial charge in [-0.15, -0.1) is 0 Å². The highest BCUT2D eigenvalue weighted by atomic mass is 35.5. The van der Waals surface area contributed by atoms with E-state index in [-0.39, 0.29) is 22.8 Å². The van der Waals surface area contributed by atoms with Crippen LogP contribution >= 0.6 is 23.8 Å². The molecule has 8 nitrogen and oxygen atoms in total. The van der Waals surface area contributed by atoms with Gasteiger partial charge in [-0.05, 0) is 48.6 Å². The molecule has 0 bridgehead atoms. The lowest BCUT2D eigenvalue weighted by molar-refractivity contribution is -0.134. The summed E-state index contributed by atoms with van der Waals surface area (Å²) in [4.78, 5) is 28.8. The van der Waals surface area contributed by atoms with Gasteiger partial charge in [0.2, 0.25) is 5.91 Å². The van der Waals surface area contributed by atoms with Crippen molar-refractivity contribution in [2.75, 3.05) is 49.6 Å². The Labute approximate surface area is 209 Å². The van der Waals surface area contributed by atoms with E-state index in [2.05, 4.69) is 15.5 Å². The average Bonchev–Trinajstić information content (AvgIpc) is 2.83. The number of nitrogens with one attached hydrogen (secondary N) is 2. The van der Waals surface area contributed by atoms with Crippen LogP contribution in [0.1, 0.15) is 24.2 Å². The summed E-state index contributed by atoms with van der Waals surface area (Å²) >= 11 is 11.8. The first-order valence-corrected chi connectivity index (χ1v) is 12.0. The summed E-state index contributed by atoms with van der Waals surface area (Å²) in [6.45, 7) is 7.54. The minimum Gasteiger partial charge on any atom is -0.486 e. The predicted molar refractivity (Wildman–Crippen MR) is 136 cm³/mol. The molecule has 0 unspecified atom stereocenters. The van der Waals surface area contributed by atoms with Gasteiger partial charge in [0, 0.05) is 43.3 Å². The van der Waals surface area contributed by atoms with Gasteiger partial charge in [-0.3, -0.25) is 14.9 Å². The van der Waals surface area contributed by atoms with E-state index >= 15 is 0 Å². The third kappa shape index (κ3) is 5.53. The third-order valence-corrected chi connectivity index (χ3v) is 6.17. The molecule has 0 aliphatic carbocycles. The fraction of sp³-hybridized carbons (Fsp3) is 0.375. The van der Waals surface area contributed by atoms with E-state index in [9.17, 15) is 9.59 Å². The van der Waals surface area contributed by atoms with E-state index in [1.165, 1.54) is 0 Å². The molecule has 2 aromatic rings. The largest absolute Gasteiger partial charge is 0.486 e. The second-order valence-electron chi connectivity index (χ2n) is 8.40. The number of carbonyl (C=O) groups excluding carboxylic acids is 2. The molecule has 10 heteroatoms. The lowest BCUT2D eigenvalue weighted by Gasteiger charge is -2.37. The minimum atomic E-state index is -0.356. The van der Waals surface area contributed by atoms with E-state index in [0.29, 0.717) is 54.1 Å².